The Labute approximate surface area is 118 Å². The number of imidazole rings is 1. The van der Waals surface area contributed by atoms with Crippen LogP contribution < -0.4 is 0 Å². The minimum atomic E-state index is -3.62. The van der Waals surface area contributed by atoms with Crippen LogP contribution in [0.25, 0.3) is 0 Å². The predicted molar refractivity (Wildman–Crippen MR) is 70.5 cm³/mol. The van der Waals surface area contributed by atoms with E-state index in [1.54, 1.807) is 11.6 Å². The molecule has 1 spiro atoms. The maximum absolute atomic E-state index is 12.6. The molecule has 0 aliphatic carbocycles. The quantitative estimate of drug-likeness (QED) is 0.812. The topological polar surface area (TPSA) is 84.7 Å². The summed E-state index contributed by atoms with van der Waals surface area (Å²) in [4.78, 5) is 3.93. The zero-order valence-corrected chi connectivity index (χ0v) is 12.2. The summed E-state index contributed by atoms with van der Waals surface area (Å²) in [5, 5.41) is 10.2. The van der Waals surface area contributed by atoms with Gasteiger partial charge < -0.3 is 14.4 Å². The lowest BCUT2D eigenvalue weighted by atomic mass is 9.88. The molecule has 0 aromatic carbocycles. The summed E-state index contributed by atoms with van der Waals surface area (Å²) < 4.78 is 33.8. The van der Waals surface area contributed by atoms with Crippen LogP contribution in [0.5, 0.6) is 0 Å². The molecule has 3 rings (SSSR count). The first-order valence-corrected chi connectivity index (χ1v) is 8.18. The number of sulfonamides is 1. The molecule has 0 bridgehead atoms. The standard InChI is InChI=1S/C12H19N3O4S/c1-14-7-11(13-9-14)20(17,18)15-5-3-10(16)12(8-15)4-2-6-19-12/h7,9-10,16H,2-6,8H2,1H3/t10-,12-/m0/s1. The fourth-order valence-corrected chi connectivity index (χ4v) is 4.46. The van der Waals surface area contributed by atoms with Gasteiger partial charge in [-0.2, -0.15) is 4.31 Å². The molecule has 112 valence electrons. The molecule has 7 nitrogen and oxygen atoms in total. The number of hydrogen-bond acceptors (Lipinski definition) is 5. The van der Waals surface area contributed by atoms with Gasteiger partial charge in [0, 0.05) is 32.9 Å². The minimum absolute atomic E-state index is 0.0459. The van der Waals surface area contributed by atoms with Gasteiger partial charge in [-0.15, -0.1) is 0 Å². The van der Waals surface area contributed by atoms with E-state index >= 15 is 0 Å². The summed E-state index contributed by atoms with van der Waals surface area (Å²) in [6, 6.07) is 0. The highest BCUT2D eigenvalue weighted by atomic mass is 32.2. The van der Waals surface area contributed by atoms with E-state index in [9.17, 15) is 13.5 Å². The van der Waals surface area contributed by atoms with Crippen molar-refractivity contribution in [1.82, 2.24) is 13.9 Å². The molecule has 8 heteroatoms. The van der Waals surface area contributed by atoms with Gasteiger partial charge in [0.2, 0.25) is 0 Å². The summed E-state index contributed by atoms with van der Waals surface area (Å²) in [5.41, 5.74) is -0.736. The van der Waals surface area contributed by atoms with Crippen LogP contribution >= 0.6 is 0 Å². The zero-order valence-electron chi connectivity index (χ0n) is 11.4. The molecule has 2 atom stereocenters. The zero-order chi connectivity index (χ0) is 14.4. The van der Waals surface area contributed by atoms with E-state index in [4.69, 9.17) is 4.74 Å². The number of nitrogens with zero attached hydrogens (tertiary/aromatic N) is 3. The maximum atomic E-state index is 12.6. The van der Waals surface area contributed by atoms with Crippen LogP contribution in [0.15, 0.2) is 17.6 Å². The van der Waals surface area contributed by atoms with Crippen LogP contribution in [0, 0.1) is 0 Å². The van der Waals surface area contributed by atoms with Crippen LogP contribution in [0.4, 0.5) is 0 Å². The molecule has 1 aromatic heterocycles. The first-order valence-electron chi connectivity index (χ1n) is 6.74. The SMILES string of the molecule is Cn1cnc(S(=O)(=O)N2CC[C@H](O)[C@]3(CCCO3)C2)c1. The fraction of sp³-hybridized carbons (Fsp3) is 0.750. The summed E-state index contributed by atoms with van der Waals surface area (Å²) in [6.07, 6.45) is 4.30. The van der Waals surface area contributed by atoms with Crippen molar-refractivity contribution in [2.75, 3.05) is 19.7 Å². The van der Waals surface area contributed by atoms with Crippen LogP contribution in [-0.2, 0) is 21.8 Å². The molecule has 2 saturated heterocycles. The lowest BCUT2D eigenvalue weighted by molar-refractivity contribution is -0.118. The van der Waals surface area contributed by atoms with Gasteiger partial charge in [0.05, 0.1) is 12.4 Å². The second kappa shape index (κ2) is 4.80. The molecule has 2 aliphatic heterocycles. The third-order valence-electron chi connectivity index (χ3n) is 4.12. The van der Waals surface area contributed by atoms with Gasteiger partial charge >= 0.3 is 0 Å². The average Bonchev–Trinajstić information content (AvgIpc) is 3.03. The Balaban J connectivity index is 1.87. The number of aliphatic hydroxyl groups excluding tert-OH is 1. The van der Waals surface area contributed by atoms with Gasteiger partial charge in [0.15, 0.2) is 5.03 Å². The monoisotopic (exact) mass is 301 g/mol. The number of hydrogen-bond donors (Lipinski definition) is 1. The van der Waals surface area contributed by atoms with Crippen molar-refractivity contribution in [1.29, 1.82) is 0 Å². The third-order valence-corrected chi connectivity index (χ3v) is 5.85. The van der Waals surface area contributed by atoms with Crippen LogP contribution in [-0.4, -0.2) is 58.8 Å². The predicted octanol–water partition coefficient (Wildman–Crippen LogP) is -0.275. The molecule has 1 N–H and O–H groups in total. The summed E-state index contributed by atoms with van der Waals surface area (Å²) in [6.45, 7) is 1.08. The van der Waals surface area contributed by atoms with Gasteiger partial charge in [0.1, 0.15) is 5.60 Å². The van der Waals surface area contributed by atoms with Crippen molar-refractivity contribution in [3.63, 3.8) is 0 Å². The third kappa shape index (κ3) is 2.16. The Morgan fingerprint density at radius 3 is 2.95 bits per heavy atom. The van der Waals surface area contributed by atoms with Crippen molar-refractivity contribution in [2.24, 2.45) is 7.05 Å². The second-order valence-electron chi connectivity index (χ2n) is 5.54. The fourth-order valence-electron chi connectivity index (χ4n) is 2.98. The molecule has 0 unspecified atom stereocenters. The van der Waals surface area contributed by atoms with E-state index < -0.39 is 21.7 Å². The lowest BCUT2D eigenvalue weighted by Crippen LogP contribution is -2.57. The Morgan fingerprint density at radius 1 is 1.55 bits per heavy atom. The molecule has 1 aromatic rings. The van der Waals surface area contributed by atoms with Gasteiger partial charge in [-0.3, -0.25) is 0 Å². The highest BCUT2D eigenvalue weighted by Crippen LogP contribution is 2.36. The molecule has 0 amide bonds. The first-order chi connectivity index (χ1) is 9.44. The van der Waals surface area contributed by atoms with Gasteiger partial charge in [-0.25, -0.2) is 13.4 Å². The molecular formula is C12H19N3O4S. The summed E-state index contributed by atoms with van der Waals surface area (Å²) in [5.74, 6) is 0. The molecule has 0 saturated carbocycles. The highest BCUT2D eigenvalue weighted by Gasteiger charge is 2.49. The van der Waals surface area contributed by atoms with Crippen LogP contribution in [0.2, 0.25) is 0 Å². The molecule has 20 heavy (non-hydrogen) atoms. The smallest absolute Gasteiger partial charge is 0.262 e. The average molecular weight is 301 g/mol. The van der Waals surface area contributed by atoms with E-state index in [0.717, 1.165) is 6.42 Å². The number of piperidine rings is 1. The number of aromatic nitrogens is 2. The number of aryl methyl sites for hydroxylation is 1. The first kappa shape index (κ1) is 14.0. The van der Waals surface area contributed by atoms with Crippen molar-refractivity contribution in [3.05, 3.63) is 12.5 Å². The van der Waals surface area contributed by atoms with E-state index in [-0.39, 0.29) is 11.6 Å². The molecule has 3 heterocycles. The Hall–Kier alpha value is -0.960. The van der Waals surface area contributed by atoms with Crippen molar-refractivity contribution < 1.29 is 18.3 Å². The number of ether oxygens (including phenoxy) is 1. The Bertz CT molecular complexity index is 592. The molecule has 2 fully saturated rings. The van der Waals surface area contributed by atoms with E-state index in [1.807, 2.05) is 0 Å². The Morgan fingerprint density at radius 2 is 2.35 bits per heavy atom. The van der Waals surface area contributed by atoms with E-state index in [1.165, 1.54) is 16.8 Å². The number of rotatable bonds is 2. The van der Waals surface area contributed by atoms with Crippen LogP contribution in [0.1, 0.15) is 19.3 Å². The lowest BCUT2D eigenvalue weighted by Gasteiger charge is -2.42. The van der Waals surface area contributed by atoms with E-state index in [2.05, 4.69) is 4.98 Å². The van der Waals surface area contributed by atoms with Gasteiger partial charge in [-0.1, -0.05) is 0 Å². The second-order valence-corrected chi connectivity index (χ2v) is 7.42. The largest absolute Gasteiger partial charge is 0.390 e. The summed E-state index contributed by atoms with van der Waals surface area (Å²) >= 11 is 0. The van der Waals surface area contributed by atoms with Crippen molar-refractivity contribution >= 4 is 10.0 Å². The van der Waals surface area contributed by atoms with Crippen molar-refractivity contribution in [3.8, 4) is 0 Å². The highest BCUT2D eigenvalue weighted by molar-refractivity contribution is 7.89. The normalized spacial score (nSPS) is 32.0. The number of aliphatic hydroxyl groups is 1. The van der Waals surface area contributed by atoms with Gasteiger partial charge in [0.25, 0.3) is 10.0 Å². The molecule has 2 aliphatic rings. The maximum Gasteiger partial charge on any atom is 0.262 e. The molecule has 0 radical (unpaired) electrons. The minimum Gasteiger partial charge on any atom is -0.390 e. The van der Waals surface area contributed by atoms with E-state index in [0.29, 0.717) is 26.0 Å². The van der Waals surface area contributed by atoms with Crippen molar-refractivity contribution in [2.45, 2.75) is 36.0 Å². The molecular weight excluding hydrogens is 282 g/mol. The van der Waals surface area contributed by atoms with Crippen LogP contribution in [0.3, 0.4) is 0 Å². The van der Waals surface area contributed by atoms with Gasteiger partial charge in [-0.05, 0) is 19.3 Å². The Kier molecular flexibility index (Phi) is 3.36. The summed E-state index contributed by atoms with van der Waals surface area (Å²) in [7, 11) is -1.89.